The average Bonchev–Trinajstić information content (AvgIpc) is 3.53. The van der Waals surface area contributed by atoms with Crippen molar-refractivity contribution >= 4 is 23.2 Å². The lowest BCUT2D eigenvalue weighted by molar-refractivity contribution is -0.384. The van der Waals surface area contributed by atoms with Gasteiger partial charge >= 0.3 is 0 Å². The van der Waals surface area contributed by atoms with E-state index in [2.05, 4.69) is 4.90 Å². The summed E-state index contributed by atoms with van der Waals surface area (Å²) in [6.45, 7) is 2.22. The summed E-state index contributed by atoms with van der Waals surface area (Å²) >= 11 is 5.89. The number of hydrogen-bond acceptors (Lipinski definition) is 4. The van der Waals surface area contributed by atoms with Crippen LogP contribution in [0.4, 0.5) is 5.69 Å². The van der Waals surface area contributed by atoms with E-state index >= 15 is 0 Å². The van der Waals surface area contributed by atoms with Crippen LogP contribution in [-0.4, -0.2) is 46.3 Å². The minimum atomic E-state index is -0.557. The van der Waals surface area contributed by atoms with Crippen LogP contribution in [-0.2, 0) is 0 Å². The number of nitro groups is 1. The topological polar surface area (TPSA) is 66.7 Å². The molecule has 140 valence electrons. The van der Waals surface area contributed by atoms with Gasteiger partial charge in [-0.1, -0.05) is 41.9 Å². The van der Waals surface area contributed by atoms with E-state index in [-0.39, 0.29) is 22.7 Å². The molecule has 0 radical (unpaired) electrons. The van der Waals surface area contributed by atoms with E-state index < -0.39 is 4.92 Å². The highest BCUT2D eigenvalue weighted by Crippen LogP contribution is 2.35. The van der Waals surface area contributed by atoms with Crippen molar-refractivity contribution in [3.05, 3.63) is 74.8 Å². The Balaban J connectivity index is 1.64. The maximum Gasteiger partial charge on any atom is 0.288 e. The molecule has 1 unspecified atom stereocenters. The number of hydrogen-bond donors (Lipinski definition) is 0. The van der Waals surface area contributed by atoms with Gasteiger partial charge in [0.05, 0.1) is 11.0 Å². The predicted octanol–water partition coefficient (Wildman–Crippen LogP) is 3.91. The number of nitro benzene ring substituents is 1. The van der Waals surface area contributed by atoms with Crippen molar-refractivity contribution in [1.29, 1.82) is 0 Å². The molecular formula is C20H20ClN3O3. The molecule has 1 atom stereocenters. The normalized spacial score (nSPS) is 20.5. The number of halogens is 1. The van der Waals surface area contributed by atoms with Crippen LogP contribution in [0.15, 0.2) is 48.5 Å². The fraction of sp³-hybridized carbons (Fsp3) is 0.350. The number of benzene rings is 2. The Hall–Kier alpha value is -2.44. The fourth-order valence-corrected chi connectivity index (χ4v) is 3.92. The summed E-state index contributed by atoms with van der Waals surface area (Å²) in [4.78, 5) is 28.1. The molecule has 1 heterocycles. The van der Waals surface area contributed by atoms with Crippen LogP contribution < -0.4 is 0 Å². The highest BCUT2D eigenvalue weighted by molar-refractivity contribution is 6.32. The minimum absolute atomic E-state index is 0.0368. The first-order valence-corrected chi connectivity index (χ1v) is 9.46. The van der Waals surface area contributed by atoms with Gasteiger partial charge in [-0.05, 0) is 30.5 Å². The van der Waals surface area contributed by atoms with Gasteiger partial charge < -0.3 is 4.90 Å². The summed E-state index contributed by atoms with van der Waals surface area (Å²) in [5.74, 6) is -0.195. The lowest BCUT2D eigenvalue weighted by atomic mass is 10.0. The van der Waals surface area contributed by atoms with Crippen molar-refractivity contribution in [3.63, 3.8) is 0 Å². The monoisotopic (exact) mass is 385 g/mol. The van der Waals surface area contributed by atoms with E-state index in [1.54, 1.807) is 6.07 Å². The van der Waals surface area contributed by atoms with Gasteiger partial charge in [-0.2, -0.15) is 0 Å². The van der Waals surface area contributed by atoms with Crippen LogP contribution in [0.3, 0.4) is 0 Å². The first kappa shape index (κ1) is 17.9. The van der Waals surface area contributed by atoms with E-state index in [4.69, 9.17) is 11.6 Å². The number of nitrogens with zero attached hydrogens (tertiary/aromatic N) is 3. The Bertz CT molecular complexity index is 870. The van der Waals surface area contributed by atoms with E-state index in [1.807, 2.05) is 35.2 Å². The molecule has 1 amide bonds. The van der Waals surface area contributed by atoms with Crippen LogP contribution >= 0.6 is 11.6 Å². The number of carbonyl (C=O) groups excluding carboxylic acids is 1. The quantitative estimate of drug-likeness (QED) is 0.591. The molecule has 0 spiro atoms. The lowest BCUT2D eigenvalue weighted by Crippen LogP contribution is -2.51. The molecule has 0 bridgehead atoms. The Morgan fingerprint density at radius 1 is 1.11 bits per heavy atom. The largest absolute Gasteiger partial charge is 0.329 e. The fourth-order valence-electron chi connectivity index (χ4n) is 3.73. The number of rotatable bonds is 4. The Morgan fingerprint density at radius 3 is 2.52 bits per heavy atom. The third-order valence-electron chi connectivity index (χ3n) is 5.31. The summed E-state index contributed by atoms with van der Waals surface area (Å²) in [6.07, 6.45) is 2.44. The van der Waals surface area contributed by atoms with Crippen molar-refractivity contribution in [2.45, 2.75) is 24.9 Å². The number of piperazine rings is 1. The molecule has 1 saturated carbocycles. The van der Waals surface area contributed by atoms with Crippen LogP contribution in [0, 0.1) is 10.1 Å². The Morgan fingerprint density at radius 2 is 1.85 bits per heavy atom. The second-order valence-electron chi connectivity index (χ2n) is 7.07. The Labute approximate surface area is 162 Å². The van der Waals surface area contributed by atoms with Gasteiger partial charge in [0.1, 0.15) is 5.02 Å². The standard InChI is InChI=1S/C20H20ClN3O3/c21-17-9-6-15(12-18(17)24(26)27)20(25)23-11-10-22(16-7-8-16)13-19(23)14-4-2-1-3-5-14/h1-6,9,12,16,19H,7-8,10-11,13H2. The molecule has 7 heteroatoms. The van der Waals surface area contributed by atoms with Gasteiger partial charge in [0.2, 0.25) is 0 Å². The van der Waals surface area contributed by atoms with Crippen LogP contribution in [0.5, 0.6) is 0 Å². The van der Waals surface area contributed by atoms with Crippen LogP contribution in [0.2, 0.25) is 5.02 Å². The summed E-state index contributed by atoms with van der Waals surface area (Å²) < 4.78 is 0. The molecule has 2 fully saturated rings. The van der Waals surface area contributed by atoms with Crippen molar-refractivity contribution < 1.29 is 9.72 Å². The predicted molar refractivity (Wildman–Crippen MR) is 103 cm³/mol. The van der Waals surface area contributed by atoms with Crippen molar-refractivity contribution in [3.8, 4) is 0 Å². The maximum absolute atomic E-state index is 13.2. The van der Waals surface area contributed by atoms with Gasteiger partial charge in [-0.3, -0.25) is 19.8 Å². The molecular weight excluding hydrogens is 366 g/mol. The molecule has 1 aliphatic heterocycles. The average molecular weight is 386 g/mol. The molecule has 0 N–H and O–H groups in total. The van der Waals surface area contributed by atoms with Crippen LogP contribution in [0.25, 0.3) is 0 Å². The van der Waals surface area contributed by atoms with Gasteiger partial charge in [-0.15, -0.1) is 0 Å². The molecule has 1 saturated heterocycles. The van der Waals surface area contributed by atoms with Gasteiger partial charge in [0.15, 0.2) is 0 Å². The van der Waals surface area contributed by atoms with Crippen molar-refractivity contribution in [2.24, 2.45) is 0 Å². The number of carbonyl (C=O) groups is 1. The van der Waals surface area contributed by atoms with Gasteiger partial charge in [0.25, 0.3) is 11.6 Å². The molecule has 27 heavy (non-hydrogen) atoms. The van der Waals surface area contributed by atoms with Crippen molar-refractivity contribution in [1.82, 2.24) is 9.80 Å². The molecule has 1 aliphatic carbocycles. The summed E-state index contributed by atoms with van der Waals surface area (Å²) in [5, 5.41) is 11.2. The first-order chi connectivity index (χ1) is 13.0. The molecule has 2 aromatic carbocycles. The molecule has 2 aromatic rings. The molecule has 0 aromatic heterocycles. The SMILES string of the molecule is O=C(c1ccc(Cl)c([N+](=O)[O-])c1)N1CCN(C2CC2)CC1c1ccccc1. The van der Waals surface area contributed by atoms with Crippen LogP contribution in [0.1, 0.15) is 34.8 Å². The minimum Gasteiger partial charge on any atom is -0.329 e. The molecule has 2 aliphatic rings. The van der Waals surface area contributed by atoms with E-state index in [1.165, 1.54) is 25.0 Å². The third-order valence-corrected chi connectivity index (χ3v) is 5.63. The lowest BCUT2D eigenvalue weighted by Gasteiger charge is -2.42. The second kappa shape index (κ2) is 7.29. The number of amides is 1. The summed E-state index contributed by atoms with van der Waals surface area (Å²) in [7, 11) is 0. The second-order valence-corrected chi connectivity index (χ2v) is 7.48. The van der Waals surface area contributed by atoms with Gasteiger partial charge in [-0.25, -0.2) is 0 Å². The smallest absolute Gasteiger partial charge is 0.288 e. The van der Waals surface area contributed by atoms with E-state index in [0.717, 1.165) is 18.7 Å². The highest BCUT2D eigenvalue weighted by atomic mass is 35.5. The molecule has 4 rings (SSSR count). The Kier molecular flexibility index (Phi) is 4.85. The first-order valence-electron chi connectivity index (χ1n) is 9.08. The molecule has 6 nitrogen and oxygen atoms in total. The third kappa shape index (κ3) is 3.68. The van der Waals surface area contributed by atoms with Gasteiger partial charge in [0, 0.05) is 37.3 Å². The maximum atomic E-state index is 13.2. The summed E-state index contributed by atoms with van der Waals surface area (Å²) in [6, 6.07) is 14.8. The zero-order valence-corrected chi connectivity index (χ0v) is 15.5. The van der Waals surface area contributed by atoms with E-state index in [9.17, 15) is 14.9 Å². The van der Waals surface area contributed by atoms with Crippen molar-refractivity contribution in [2.75, 3.05) is 19.6 Å². The van der Waals surface area contributed by atoms with E-state index in [0.29, 0.717) is 18.2 Å². The summed E-state index contributed by atoms with van der Waals surface area (Å²) in [5.41, 5.74) is 1.14. The zero-order chi connectivity index (χ0) is 19.0. The zero-order valence-electron chi connectivity index (χ0n) is 14.8. The highest BCUT2D eigenvalue weighted by Gasteiger charge is 2.38.